The fourth-order valence-corrected chi connectivity index (χ4v) is 2.87. The van der Waals surface area contributed by atoms with Gasteiger partial charge in [0.15, 0.2) is 0 Å². The summed E-state index contributed by atoms with van der Waals surface area (Å²) in [7, 11) is 1.77. The van der Waals surface area contributed by atoms with Crippen LogP contribution < -0.4 is 10.9 Å². The van der Waals surface area contributed by atoms with Crippen LogP contribution in [0.25, 0.3) is 10.9 Å². The first-order valence-corrected chi connectivity index (χ1v) is 7.59. The van der Waals surface area contributed by atoms with Crippen molar-refractivity contribution in [3.8, 4) is 0 Å². The molecule has 1 N–H and O–H groups in total. The number of hydrogen-bond acceptors (Lipinski definition) is 4. The lowest BCUT2D eigenvalue weighted by molar-refractivity contribution is 0.352. The molecule has 0 atom stereocenters. The monoisotopic (exact) mass is 286 g/mol. The van der Waals surface area contributed by atoms with Crippen LogP contribution in [0.4, 0.5) is 5.95 Å². The molecule has 2 heterocycles. The van der Waals surface area contributed by atoms with Gasteiger partial charge in [0.25, 0.3) is 5.56 Å². The van der Waals surface area contributed by atoms with Crippen LogP contribution in [0, 0.1) is 6.92 Å². The van der Waals surface area contributed by atoms with Gasteiger partial charge in [-0.1, -0.05) is 11.6 Å². The molecule has 5 nitrogen and oxygen atoms in total. The molecular weight excluding hydrogens is 264 g/mol. The minimum atomic E-state index is 0.00683. The first kappa shape index (κ1) is 14.1. The molecule has 1 fully saturated rings. The number of aromatic nitrogens is 2. The van der Waals surface area contributed by atoms with Crippen molar-refractivity contribution in [2.75, 3.05) is 31.5 Å². The smallest absolute Gasteiger partial charge is 0.262 e. The molecule has 3 rings (SSSR count). The third-order valence-electron chi connectivity index (χ3n) is 4.14. The number of hydrogen-bond donors (Lipinski definition) is 1. The maximum atomic E-state index is 12.4. The van der Waals surface area contributed by atoms with Crippen LogP contribution in [0.5, 0.6) is 0 Å². The van der Waals surface area contributed by atoms with Gasteiger partial charge in [-0.15, -0.1) is 0 Å². The highest BCUT2D eigenvalue weighted by atomic mass is 16.1. The quantitative estimate of drug-likeness (QED) is 0.930. The van der Waals surface area contributed by atoms with E-state index in [9.17, 15) is 4.79 Å². The Labute approximate surface area is 124 Å². The normalized spacial score (nSPS) is 15.7. The Kier molecular flexibility index (Phi) is 3.92. The number of fused-ring (bicyclic) bond motifs is 1. The summed E-state index contributed by atoms with van der Waals surface area (Å²) in [5.41, 5.74) is 1.84. The van der Waals surface area contributed by atoms with E-state index in [0.717, 1.165) is 24.2 Å². The van der Waals surface area contributed by atoms with Crippen molar-refractivity contribution in [2.24, 2.45) is 7.05 Å². The van der Waals surface area contributed by atoms with Gasteiger partial charge in [-0.05, 0) is 45.0 Å². The van der Waals surface area contributed by atoms with Crippen LogP contribution >= 0.6 is 0 Å². The minimum absolute atomic E-state index is 0.00683. The van der Waals surface area contributed by atoms with E-state index in [2.05, 4.69) is 15.2 Å². The number of nitrogens with one attached hydrogen (secondary N) is 1. The van der Waals surface area contributed by atoms with Crippen LogP contribution in [-0.4, -0.2) is 40.6 Å². The van der Waals surface area contributed by atoms with Gasteiger partial charge in [0.05, 0.1) is 10.9 Å². The molecule has 1 aliphatic heterocycles. The summed E-state index contributed by atoms with van der Waals surface area (Å²) >= 11 is 0. The summed E-state index contributed by atoms with van der Waals surface area (Å²) in [6.07, 6.45) is 2.60. The van der Waals surface area contributed by atoms with Gasteiger partial charge in [-0.25, -0.2) is 4.98 Å². The van der Waals surface area contributed by atoms with Crippen LogP contribution in [0.15, 0.2) is 23.0 Å². The highest BCUT2D eigenvalue weighted by Gasteiger charge is 2.12. The van der Waals surface area contributed by atoms with E-state index in [1.807, 2.05) is 25.1 Å². The molecule has 5 heteroatoms. The van der Waals surface area contributed by atoms with Crippen molar-refractivity contribution in [1.29, 1.82) is 0 Å². The van der Waals surface area contributed by atoms with Gasteiger partial charge in [-0.2, -0.15) is 0 Å². The van der Waals surface area contributed by atoms with Gasteiger partial charge in [0, 0.05) is 20.1 Å². The number of aryl methyl sites for hydroxylation is 1. The fraction of sp³-hybridized carbons (Fsp3) is 0.500. The molecule has 1 aromatic carbocycles. The molecular formula is C16H22N4O. The van der Waals surface area contributed by atoms with E-state index < -0.39 is 0 Å². The van der Waals surface area contributed by atoms with Crippen molar-refractivity contribution in [2.45, 2.75) is 19.8 Å². The topological polar surface area (TPSA) is 50.2 Å². The van der Waals surface area contributed by atoms with Crippen molar-refractivity contribution in [1.82, 2.24) is 14.5 Å². The zero-order valence-corrected chi connectivity index (χ0v) is 12.7. The zero-order chi connectivity index (χ0) is 14.8. The molecule has 0 spiro atoms. The van der Waals surface area contributed by atoms with Gasteiger partial charge < -0.3 is 10.2 Å². The minimum Gasteiger partial charge on any atom is -0.354 e. The highest BCUT2D eigenvalue weighted by molar-refractivity contribution is 5.79. The van der Waals surface area contributed by atoms with Crippen molar-refractivity contribution < 1.29 is 0 Å². The Morgan fingerprint density at radius 1 is 1.29 bits per heavy atom. The van der Waals surface area contributed by atoms with Crippen LogP contribution in [0.3, 0.4) is 0 Å². The van der Waals surface area contributed by atoms with Crippen molar-refractivity contribution in [3.63, 3.8) is 0 Å². The number of nitrogens with zero attached hydrogens (tertiary/aromatic N) is 3. The first-order chi connectivity index (χ1) is 10.1. The van der Waals surface area contributed by atoms with E-state index >= 15 is 0 Å². The second-order valence-electron chi connectivity index (χ2n) is 5.80. The number of likely N-dealkylation sites (tertiary alicyclic amines) is 1. The Balaban J connectivity index is 1.80. The van der Waals surface area contributed by atoms with Crippen LogP contribution in [0.1, 0.15) is 18.4 Å². The lowest BCUT2D eigenvalue weighted by Gasteiger charge is -2.16. The lowest BCUT2D eigenvalue weighted by Crippen LogP contribution is -2.29. The molecule has 0 saturated carbocycles. The standard InChI is InChI=1S/C16H22N4O/c1-12-5-6-14-13(11-12)15(21)19(2)16(18-14)17-7-10-20-8-3-4-9-20/h5-6,11H,3-4,7-10H2,1-2H3,(H,17,18). The Morgan fingerprint density at radius 3 is 2.81 bits per heavy atom. The molecule has 0 unspecified atom stereocenters. The molecule has 0 aliphatic carbocycles. The van der Waals surface area contributed by atoms with Gasteiger partial charge in [0.1, 0.15) is 0 Å². The molecule has 0 radical (unpaired) electrons. The molecule has 0 bridgehead atoms. The van der Waals surface area contributed by atoms with Crippen LogP contribution in [0.2, 0.25) is 0 Å². The largest absolute Gasteiger partial charge is 0.354 e. The predicted octanol–water partition coefficient (Wildman–Crippen LogP) is 1.75. The highest BCUT2D eigenvalue weighted by Crippen LogP contribution is 2.12. The van der Waals surface area contributed by atoms with E-state index in [4.69, 9.17) is 0 Å². The second-order valence-corrected chi connectivity index (χ2v) is 5.80. The van der Waals surface area contributed by atoms with E-state index in [1.165, 1.54) is 25.9 Å². The average Bonchev–Trinajstić information content (AvgIpc) is 2.98. The second kappa shape index (κ2) is 5.85. The summed E-state index contributed by atoms with van der Waals surface area (Å²) < 4.78 is 1.60. The summed E-state index contributed by atoms with van der Waals surface area (Å²) in [6, 6.07) is 5.80. The van der Waals surface area contributed by atoms with Crippen molar-refractivity contribution >= 4 is 16.9 Å². The van der Waals surface area contributed by atoms with E-state index in [-0.39, 0.29) is 5.56 Å². The number of rotatable bonds is 4. The summed E-state index contributed by atoms with van der Waals surface area (Å²) in [5.74, 6) is 0.649. The fourth-order valence-electron chi connectivity index (χ4n) is 2.87. The third kappa shape index (κ3) is 2.93. The Hall–Kier alpha value is -1.88. The molecule has 2 aromatic rings. The zero-order valence-electron chi connectivity index (χ0n) is 12.7. The maximum absolute atomic E-state index is 12.4. The molecule has 1 saturated heterocycles. The van der Waals surface area contributed by atoms with E-state index in [0.29, 0.717) is 11.3 Å². The molecule has 1 aromatic heterocycles. The molecule has 21 heavy (non-hydrogen) atoms. The van der Waals surface area contributed by atoms with Gasteiger partial charge in [0.2, 0.25) is 5.95 Å². The van der Waals surface area contributed by atoms with Crippen molar-refractivity contribution in [3.05, 3.63) is 34.1 Å². The summed E-state index contributed by atoms with van der Waals surface area (Å²) in [4.78, 5) is 19.4. The summed E-state index contributed by atoms with van der Waals surface area (Å²) in [6.45, 7) is 6.18. The van der Waals surface area contributed by atoms with Crippen LogP contribution in [-0.2, 0) is 7.05 Å². The molecule has 0 amide bonds. The predicted molar refractivity (Wildman–Crippen MR) is 85.9 cm³/mol. The average molecular weight is 286 g/mol. The molecule has 1 aliphatic rings. The third-order valence-corrected chi connectivity index (χ3v) is 4.14. The number of anilines is 1. The first-order valence-electron chi connectivity index (χ1n) is 7.59. The van der Waals surface area contributed by atoms with Gasteiger partial charge >= 0.3 is 0 Å². The Bertz CT molecular complexity index is 701. The Morgan fingerprint density at radius 2 is 2.05 bits per heavy atom. The number of benzene rings is 1. The van der Waals surface area contributed by atoms with Gasteiger partial charge in [-0.3, -0.25) is 9.36 Å². The summed E-state index contributed by atoms with van der Waals surface area (Å²) in [5, 5.41) is 3.98. The SMILES string of the molecule is Cc1ccc2nc(NCCN3CCCC3)n(C)c(=O)c2c1. The lowest BCUT2D eigenvalue weighted by atomic mass is 10.2. The van der Waals surface area contributed by atoms with E-state index in [1.54, 1.807) is 11.6 Å². The maximum Gasteiger partial charge on any atom is 0.262 e. The molecule has 112 valence electrons.